The summed E-state index contributed by atoms with van der Waals surface area (Å²) < 4.78 is 12.7. The topological polar surface area (TPSA) is 52.3 Å². The Labute approximate surface area is 143 Å². The lowest BCUT2D eigenvalue weighted by molar-refractivity contribution is 0.415. The van der Waals surface area contributed by atoms with Crippen LogP contribution >= 0.6 is 27.3 Å². The van der Waals surface area contributed by atoms with Gasteiger partial charge in [-0.1, -0.05) is 0 Å². The van der Waals surface area contributed by atoms with Gasteiger partial charge in [-0.25, -0.2) is 4.98 Å². The maximum atomic E-state index is 12.6. The number of ether oxygens (including phenoxy) is 1. The van der Waals surface area contributed by atoms with Crippen molar-refractivity contribution >= 4 is 48.5 Å². The third-order valence-electron chi connectivity index (χ3n) is 3.60. The van der Waals surface area contributed by atoms with Crippen LogP contribution in [0.2, 0.25) is 0 Å². The molecule has 4 nitrogen and oxygen atoms in total. The number of benzene rings is 2. The lowest BCUT2D eigenvalue weighted by atomic mass is 10.1. The van der Waals surface area contributed by atoms with E-state index in [-0.39, 0.29) is 5.43 Å². The van der Waals surface area contributed by atoms with Gasteiger partial charge in [0.15, 0.2) is 9.35 Å². The molecule has 0 bridgehead atoms. The van der Waals surface area contributed by atoms with Gasteiger partial charge in [0.1, 0.15) is 17.1 Å². The van der Waals surface area contributed by atoms with Crippen molar-refractivity contribution in [1.82, 2.24) is 4.98 Å². The smallest absolute Gasteiger partial charge is 0.194 e. The molecule has 0 N–H and O–H groups in total. The van der Waals surface area contributed by atoms with E-state index in [2.05, 4.69) is 20.9 Å². The van der Waals surface area contributed by atoms with Crippen molar-refractivity contribution in [3.05, 3.63) is 56.6 Å². The zero-order valence-electron chi connectivity index (χ0n) is 12.0. The molecule has 2 aromatic carbocycles. The second-order valence-corrected chi connectivity index (χ2v) is 7.23. The van der Waals surface area contributed by atoms with Crippen molar-refractivity contribution < 1.29 is 9.15 Å². The lowest BCUT2D eigenvalue weighted by Crippen LogP contribution is -2.00. The van der Waals surface area contributed by atoms with E-state index >= 15 is 0 Å². The number of hydrogen-bond acceptors (Lipinski definition) is 5. The van der Waals surface area contributed by atoms with Crippen molar-refractivity contribution in [3.63, 3.8) is 0 Å². The summed E-state index contributed by atoms with van der Waals surface area (Å²) in [6.07, 6.45) is 0. The van der Waals surface area contributed by atoms with Crippen LogP contribution in [0.25, 0.3) is 32.5 Å². The Morgan fingerprint density at radius 3 is 2.70 bits per heavy atom. The van der Waals surface area contributed by atoms with Crippen LogP contribution in [0.5, 0.6) is 5.75 Å². The molecule has 2 heterocycles. The van der Waals surface area contributed by atoms with Crippen LogP contribution in [0.1, 0.15) is 0 Å². The van der Waals surface area contributed by atoms with Crippen molar-refractivity contribution in [2.75, 3.05) is 7.11 Å². The van der Waals surface area contributed by atoms with Crippen molar-refractivity contribution in [2.45, 2.75) is 0 Å². The minimum atomic E-state index is -0.0705. The molecule has 0 radical (unpaired) electrons. The number of halogens is 1. The highest BCUT2D eigenvalue weighted by Gasteiger charge is 2.13. The first-order valence-corrected chi connectivity index (χ1v) is 8.44. The molecule has 0 aliphatic carbocycles. The lowest BCUT2D eigenvalue weighted by Gasteiger charge is -2.05. The number of hydrogen-bond donors (Lipinski definition) is 0. The number of nitrogens with zero attached hydrogens (tertiary/aromatic N) is 1. The second-order valence-electron chi connectivity index (χ2n) is 4.96. The van der Waals surface area contributed by atoms with E-state index in [1.807, 2.05) is 30.3 Å². The SMILES string of the molecule is COc1ccc(-c2cc(=O)c3c(ccc4nc(Br)sc43)o2)cc1. The molecule has 0 saturated heterocycles. The molecule has 114 valence electrons. The molecule has 0 spiro atoms. The predicted molar refractivity (Wildman–Crippen MR) is 95.4 cm³/mol. The first kappa shape index (κ1) is 14.4. The van der Waals surface area contributed by atoms with E-state index in [1.54, 1.807) is 13.2 Å². The summed E-state index contributed by atoms with van der Waals surface area (Å²) in [5, 5.41) is 0.572. The van der Waals surface area contributed by atoms with Gasteiger partial charge in [0.2, 0.25) is 0 Å². The number of rotatable bonds is 2. The fourth-order valence-electron chi connectivity index (χ4n) is 2.50. The third-order valence-corrected chi connectivity index (χ3v) is 5.14. The molecular weight excluding hydrogens is 378 g/mol. The molecule has 0 unspecified atom stereocenters. The molecule has 0 aliphatic rings. The van der Waals surface area contributed by atoms with E-state index < -0.39 is 0 Å². The monoisotopic (exact) mass is 387 g/mol. The van der Waals surface area contributed by atoms with Gasteiger partial charge >= 0.3 is 0 Å². The van der Waals surface area contributed by atoms with Gasteiger partial charge < -0.3 is 9.15 Å². The van der Waals surface area contributed by atoms with Gasteiger partial charge in [0.05, 0.1) is 22.7 Å². The van der Waals surface area contributed by atoms with Crippen LogP contribution in [0, 0.1) is 0 Å². The zero-order valence-corrected chi connectivity index (χ0v) is 14.4. The molecule has 2 aromatic heterocycles. The summed E-state index contributed by atoms with van der Waals surface area (Å²) in [7, 11) is 1.61. The number of aromatic nitrogens is 1. The standard InChI is InChI=1S/C17H10BrNO3S/c1-21-10-4-2-9(3-5-10)14-8-12(20)15-13(22-14)7-6-11-16(15)23-17(18)19-11/h2-8H,1H3. The maximum absolute atomic E-state index is 12.6. The Bertz CT molecular complexity index is 1080. The minimum Gasteiger partial charge on any atom is -0.497 e. The fraction of sp³-hybridized carbons (Fsp3) is 0.0588. The Balaban J connectivity index is 1.96. The molecule has 0 saturated carbocycles. The quantitative estimate of drug-likeness (QED) is 0.493. The Hall–Kier alpha value is -2.18. The van der Waals surface area contributed by atoms with Gasteiger partial charge in [-0.05, 0) is 52.3 Å². The van der Waals surface area contributed by atoms with Crippen LogP contribution < -0.4 is 10.2 Å². The highest BCUT2D eigenvalue weighted by Crippen LogP contribution is 2.32. The summed E-state index contributed by atoms with van der Waals surface area (Å²) in [5.41, 5.74) is 2.11. The molecule has 23 heavy (non-hydrogen) atoms. The Kier molecular flexibility index (Phi) is 3.43. The number of fused-ring (bicyclic) bond motifs is 3. The van der Waals surface area contributed by atoms with Crippen molar-refractivity contribution in [1.29, 1.82) is 0 Å². The van der Waals surface area contributed by atoms with Crippen molar-refractivity contribution in [2.24, 2.45) is 0 Å². The van der Waals surface area contributed by atoms with Crippen LogP contribution in [-0.2, 0) is 0 Å². The molecule has 6 heteroatoms. The number of methoxy groups -OCH3 is 1. The molecule has 4 aromatic rings. The van der Waals surface area contributed by atoms with E-state index in [4.69, 9.17) is 9.15 Å². The molecule has 0 aliphatic heterocycles. The summed E-state index contributed by atoms with van der Waals surface area (Å²) in [6, 6.07) is 12.6. The molecule has 0 fully saturated rings. The highest BCUT2D eigenvalue weighted by molar-refractivity contribution is 9.11. The average molecular weight is 388 g/mol. The van der Waals surface area contributed by atoms with Crippen LogP contribution in [0.3, 0.4) is 0 Å². The second kappa shape index (κ2) is 5.47. The normalized spacial score (nSPS) is 11.2. The first-order valence-electron chi connectivity index (χ1n) is 6.83. The molecule has 0 amide bonds. The summed E-state index contributed by atoms with van der Waals surface area (Å²) >= 11 is 4.79. The van der Waals surface area contributed by atoms with E-state index in [0.29, 0.717) is 16.7 Å². The maximum Gasteiger partial charge on any atom is 0.194 e. The van der Waals surface area contributed by atoms with Crippen LogP contribution in [0.4, 0.5) is 0 Å². The Morgan fingerprint density at radius 1 is 1.17 bits per heavy atom. The fourth-order valence-corrected chi connectivity index (χ4v) is 4.01. The van der Waals surface area contributed by atoms with E-state index in [9.17, 15) is 4.79 Å². The summed E-state index contributed by atoms with van der Waals surface area (Å²) in [4.78, 5) is 16.9. The van der Waals surface area contributed by atoms with Gasteiger partial charge in [-0.15, -0.1) is 11.3 Å². The van der Waals surface area contributed by atoms with E-state index in [1.165, 1.54) is 17.4 Å². The van der Waals surface area contributed by atoms with Gasteiger partial charge in [0, 0.05) is 11.6 Å². The van der Waals surface area contributed by atoms with Gasteiger partial charge in [-0.3, -0.25) is 4.79 Å². The van der Waals surface area contributed by atoms with Gasteiger partial charge in [-0.2, -0.15) is 0 Å². The van der Waals surface area contributed by atoms with Gasteiger partial charge in [0.25, 0.3) is 0 Å². The Morgan fingerprint density at radius 2 is 1.96 bits per heavy atom. The first-order chi connectivity index (χ1) is 11.2. The number of thiazole rings is 1. The summed E-state index contributed by atoms with van der Waals surface area (Å²) in [5.74, 6) is 1.29. The highest BCUT2D eigenvalue weighted by atomic mass is 79.9. The minimum absolute atomic E-state index is 0.0705. The van der Waals surface area contributed by atoms with Crippen molar-refractivity contribution in [3.8, 4) is 17.1 Å². The van der Waals surface area contributed by atoms with Crippen LogP contribution in [-0.4, -0.2) is 12.1 Å². The molecular formula is C17H10BrNO3S. The van der Waals surface area contributed by atoms with Crippen LogP contribution in [0.15, 0.2) is 55.6 Å². The predicted octanol–water partition coefficient (Wildman–Crippen LogP) is 4.84. The zero-order chi connectivity index (χ0) is 16.0. The largest absolute Gasteiger partial charge is 0.497 e. The molecule has 4 rings (SSSR count). The van der Waals surface area contributed by atoms with E-state index in [0.717, 1.165) is 25.4 Å². The molecule has 0 atom stereocenters. The summed E-state index contributed by atoms with van der Waals surface area (Å²) in [6.45, 7) is 0. The third kappa shape index (κ3) is 2.44. The average Bonchev–Trinajstić information content (AvgIpc) is 2.94.